The summed E-state index contributed by atoms with van der Waals surface area (Å²) in [5, 5.41) is 3.65. The highest BCUT2D eigenvalue weighted by atomic mass is 15.2. The van der Waals surface area contributed by atoms with Gasteiger partial charge in [0, 0.05) is 25.2 Å². The minimum Gasteiger partial charge on any atom is -0.310 e. The van der Waals surface area contributed by atoms with Gasteiger partial charge < -0.3 is 10.2 Å². The van der Waals surface area contributed by atoms with Crippen LogP contribution in [0, 0.1) is 12.8 Å². The Kier molecular flexibility index (Phi) is 6.25. The molecule has 2 rings (SSSR count). The Morgan fingerprint density at radius 1 is 1.19 bits per heavy atom. The van der Waals surface area contributed by atoms with Gasteiger partial charge in [-0.15, -0.1) is 0 Å². The van der Waals surface area contributed by atoms with E-state index in [1.54, 1.807) is 0 Å². The van der Waals surface area contributed by atoms with Crippen molar-refractivity contribution >= 4 is 0 Å². The Morgan fingerprint density at radius 2 is 1.86 bits per heavy atom. The summed E-state index contributed by atoms with van der Waals surface area (Å²) in [6.07, 6.45) is 4.08. The first-order chi connectivity index (χ1) is 10.1. The van der Waals surface area contributed by atoms with Crippen LogP contribution in [0.15, 0.2) is 24.3 Å². The first kappa shape index (κ1) is 16.5. The lowest BCUT2D eigenvalue weighted by Gasteiger charge is -2.29. The van der Waals surface area contributed by atoms with Crippen molar-refractivity contribution in [3.63, 3.8) is 0 Å². The maximum absolute atomic E-state index is 3.65. The van der Waals surface area contributed by atoms with Gasteiger partial charge in [0.1, 0.15) is 0 Å². The molecule has 1 aliphatic rings. The molecule has 1 fully saturated rings. The summed E-state index contributed by atoms with van der Waals surface area (Å²) in [7, 11) is 0. The maximum atomic E-state index is 3.65. The summed E-state index contributed by atoms with van der Waals surface area (Å²) >= 11 is 0. The van der Waals surface area contributed by atoms with E-state index in [9.17, 15) is 0 Å². The van der Waals surface area contributed by atoms with Crippen molar-refractivity contribution in [2.45, 2.75) is 59.0 Å². The standard InChI is InChI=1S/C19H32N2/c1-5-20-19(18-10-6-16(4)7-11-18)12-13-21(15(2)3)14-17-8-9-17/h6-7,10-11,15,17,19-20H,5,8-9,12-14H2,1-4H3. The fourth-order valence-electron chi connectivity index (χ4n) is 2.92. The monoisotopic (exact) mass is 288 g/mol. The Hall–Kier alpha value is -0.860. The minimum absolute atomic E-state index is 0.482. The van der Waals surface area contributed by atoms with Crippen LogP contribution in [0.3, 0.4) is 0 Å². The van der Waals surface area contributed by atoms with E-state index in [-0.39, 0.29) is 0 Å². The zero-order valence-corrected chi connectivity index (χ0v) is 14.2. The molecule has 0 spiro atoms. The number of rotatable bonds is 9. The van der Waals surface area contributed by atoms with Crippen LogP contribution < -0.4 is 5.32 Å². The van der Waals surface area contributed by atoms with Gasteiger partial charge in [-0.2, -0.15) is 0 Å². The molecule has 1 N–H and O–H groups in total. The second kappa shape index (κ2) is 7.95. The highest BCUT2D eigenvalue weighted by Gasteiger charge is 2.25. The lowest BCUT2D eigenvalue weighted by molar-refractivity contribution is 0.201. The van der Waals surface area contributed by atoms with Gasteiger partial charge in [0.05, 0.1) is 0 Å². The first-order valence-electron chi connectivity index (χ1n) is 8.64. The highest BCUT2D eigenvalue weighted by molar-refractivity contribution is 5.24. The fourth-order valence-corrected chi connectivity index (χ4v) is 2.92. The predicted octanol–water partition coefficient (Wildman–Crippen LogP) is 4.16. The fraction of sp³-hybridized carbons (Fsp3) is 0.684. The van der Waals surface area contributed by atoms with Crippen LogP contribution in [0.2, 0.25) is 0 Å². The van der Waals surface area contributed by atoms with E-state index in [1.165, 1.54) is 43.5 Å². The number of nitrogens with zero attached hydrogens (tertiary/aromatic N) is 1. The van der Waals surface area contributed by atoms with E-state index >= 15 is 0 Å². The SMILES string of the molecule is CCNC(CCN(CC1CC1)C(C)C)c1ccc(C)cc1. The van der Waals surface area contributed by atoms with Crippen molar-refractivity contribution in [1.29, 1.82) is 0 Å². The number of nitrogens with one attached hydrogen (secondary N) is 1. The van der Waals surface area contributed by atoms with Crippen molar-refractivity contribution in [2.75, 3.05) is 19.6 Å². The lowest BCUT2D eigenvalue weighted by Crippen LogP contribution is -2.36. The zero-order valence-electron chi connectivity index (χ0n) is 14.2. The summed E-state index contributed by atoms with van der Waals surface area (Å²) in [4.78, 5) is 2.66. The summed E-state index contributed by atoms with van der Waals surface area (Å²) < 4.78 is 0. The van der Waals surface area contributed by atoms with Gasteiger partial charge in [-0.1, -0.05) is 36.8 Å². The van der Waals surface area contributed by atoms with Crippen molar-refractivity contribution in [3.8, 4) is 0 Å². The number of aryl methyl sites for hydroxylation is 1. The summed E-state index contributed by atoms with van der Waals surface area (Å²) in [6, 6.07) is 10.2. The number of hydrogen-bond acceptors (Lipinski definition) is 2. The largest absolute Gasteiger partial charge is 0.310 e. The number of benzene rings is 1. The third kappa shape index (κ3) is 5.44. The number of hydrogen-bond donors (Lipinski definition) is 1. The smallest absolute Gasteiger partial charge is 0.0332 e. The molecule has 2 heteroatoms. The molecule has 2 nitrogen and oxygen atoms in total. The van der Waals surface area contributed by atoms with E-state index in [0.29, 0.717) is 12.1 Å². The molecule has 0 heterocycles. The van der Waals surface area contributed by atoms with Gasteiger partial charge in [0.25, 0.3) is 0 Å². The molecule has 0 aliphatic heterocycles. The third-order valence-corrected chi connectivity index (χ3v) is 4.56. The normalized spacial score (nSPS) is 16.7. The minimum atomic E-state index is 0.482. The Balaban J connectivity index is 1.92. The van der Waals surface area contributed by atoms with Gasteiger partial charge in [-0.05, 0) is 58.1 Å². The zero-order chi connectivity index (χ0) is 15.2. The van der Waals surface area contributed by atoms with Gasteiger partial charge >= 0.3 is 0 Å². The Labute approximate surface area is 130 Å². The van der Waals surface area contributed by atoms with Crippen LogP contribution in [0.25, 0.3) is 0 Å². The second-order valence-electron chi connectivity index (χ2n) is 6.84. The summed E-state index contributed by atoms with van der Waals surface area (Å²) in [6.45, 7) is 12.5. The van der Waals surface area contributed by atoms with Gasteiger partial charge in [-0.25, -0.2) is 0 Å². The third-order valence-electron chi connectivity index (χ3n) is 4.56. The molecule has 0 radical (unpaired) electrons. The summed E-state index contributed by atoms with van der Waals surface area (Å²) in [5.41, 5.74) is 2.77. The molecule has 0 bridgehead atoms. The lowest BCUT2D eigenvalue weighted by atomic mass is 10.0. The quantitative estimate of drug-likeness (QED) is 0.734. The Bertz CT molecular complexity index is 406. The van der Waals surface area contributed by atoms with Crippen molar-refractivity contribution in [2.24, 2.45) is 5.92 Å². The molecule has 0 amide bonds. The molecule has 118 valence electrons. The molecule has 1 aliphatic carbocycles. The molecular formula is C19H32N2. The van der Waals surface area contributed by atoms with E-state index in [2.05, 4.69) is 62.2 Å². The van der Waals surface area contributed by atoms with Crippen LogP contribution in [0.5, 0.6) is 0 Å². The van der Waals surface area contributed by atoms with Gasteiger partial charge in [0.2, 0.25) is 0 Å². The average molecular weight is 288 g/mol. The topological polar surface area (TPSA) is 15.3 Å². The molecule has 0 aromatic heterocycles. The van der Waals surface area contributed by atoms with Crippen LogP contribution in [-0.4, -0.2) is 30.6 Å². The molecule has 1 saturated carbocycles. The molecular weight excluding hydrogens is 256 g/mol. The average Bonchev–Trinajstić information content (AvgIpc) is 3.26. The van der Waals surface area contributed by atoms with Gasteiger partial charge in [0.15, 0.2) is 0 Å². The van der Waals surface area contributed by atoms with Crippen LogP contribution in [0.4, 0.5) is 0 Å². The Morgan fingerprint density at radius 3 is 2.38 bits per heavy atom. The molecule has 1 aromatic carbocycles. The molecule has 1 unspecified atom stereocenters. The van der Waals surface area contributed by atoms with Crippen molar-refractivity contribution < 1.29 is 0 Å². The van der Waals surface area contributed by atoms with E-state index in [1.807, 2.05) is 0 Å². The van der Waals surface area contributed by atoms with Crippen LogP contribution >= 0.6 is 0 Å². The molecule has 0 saturated heterocycles. The van der Waals surface area contributed by atoms with Crippen LogP contribution in [-0.2, 0) is 0 Å². The maximum Gasteiger partial charge on any atom is 0.0332 e. The van der Waals surface area contributed by atoms with Gasteiger partial charge in [-0.3, -0.25) is 0 Å². The van der Waals surface area contributed by atoms with Crippen molar-refractivity contribution in [1.82, 2.24) is 10.2 Å². The van der Waals surface area contributed by atoms with E-state index < -0.39 is 0 Å². The highest BCUT2D eigenvalue weighted by Crippen LogP contribution is 2.30. The molecule has 1 aromatic rings. The first-order valence-corrected chi connectivity index (χ1v) is 8.64. The van der Waals surface area contributed by atoms with Crippen LogP contribution in [0.1, 0.15) is 57.2 Å². The second-order valence-corrected chi connectivity index (χ2v) is 6.84. The molecule has 21 heavy (non-hydrogen) atoms. The molecule has 1 atom stereocenters. The van der Waals surface area contributed by atoms with Crippen molar-refractivity contribution in [3.05, 3.63) is 35.4 Å². The predicted molar refractivity (Wildman–Crippen MR) is 91.6 cm³/mol. The van der Waals surface area contributed by atoms with E-state index in [0.717, 1.165) is 12.5 Å². The summed E-state index contributed by atoms with van der Waals surface area (Å²) in [5.74, 6) is 0.976. The van der Waals surface area contributed by atoms with E-state index in [4.69, 9.17) is 0 Å².